The zero-order chi connectivity index (χ0) is 18.4. The topological polar surface area (TPSA) is 75.6 Å². The fourth-order valence-corrected chi connectivity index (χ4v) is 3.70. The normalized spacial score (nSPS) is 25.4. The summed E-state index contributed by atoms with van der Waals surface area (Å²) in [5, 5.41) is 5.94. The Balaban J connectivity index is 1.76. The van der Waals surface area contributed by atoms with Crippen LogP contribution in [0.1, 0.15) is 48.7 Å². The minimum Gasteiger partial charge on any atom is -0.372 e. The van der Waals surface area contributed by atoms with Crippen LogP contribution in [0.5, 0.6) is 0 Å². The van der Waals surface area contributed by atoms with Gasteiger partial charge < -0.3 is 15.4 Å². The highest BCUT2D eigenvalue weighted by Crippen LogP contribution is 2.36. The zero-order valence-electron chi connectivity index (χ0n) is 14.0. The number of rotatable bonds is 2. The molecule has 2 saturated heterocycles. The van der Waals surface area contributed by atoms with E-state index in [-0.39, 0.29) is 11.6 Å². The molecule has 0 saturated carbocycles. The first-order valence-electron chi connectivity index (χ1n) is 8.71. The van der Waals surface area contributed by atoms with Crippen molar-refractivity contribution in [1.82, 2.24) is 15.6 Å². The van der Waals surface area contributed by atoms with Crippen molar-refractivity contribution in [2.75, 3.05) is 19.7 Å². The maximum atomic E-state index is 13.1. The lowest BCUT2D eigenvalue weighted by Crippen LogP contribution is -2.47. The van der Waals surface area contributed by atoms with Crippen molar-refractivity contribution in [2.45, 2.75) is 43.5 Å². The molecule has 3 aliphatic rings. The summed E-state index contributed by atoms with van der Waals surface area (Å²) in [7, 11) is 0. The first kappa shape index (κ1) is 17.4. The quantitative estimate of drug-likeness (QED) is 0.837. The number of piperidine rings is 1. The van der Waals surface area contributed by atoms with Gasteiger partial charge in [0.05, 0.1) is 5.69 Å². The van der Waals surface area contributed by atoms with Gasteiger partial charge in [-0.25, -0.2) is 4.98 Å². The lowest BCUT2D eigenvalue weighted by Gasteiger charge is -2.28. The third-order valence-corrected chi connectivity index (χ3v) is 5.12. The summed E-state index contributed by atoms with van der Waals surface area (Å²) in [6.07, 6.45) is -2.58. The van der Waals surface area contributed by atoms with Gasteiger partial charge in [0.1, 0.15) is 23.2 Å². The van der Waals surface area contributed by atoms with Gasteiger partial charge in [-0.15, -0.1) is 0 Å². The number of hydrogen-bond acceptors (Lipinski definition) is 5. The number of amidine groups is 1. The van der Waals surface area contributed by atoms with Crippen molar-refractivity contribution in [2.24, 2.45) is 4.99 Å². The monoisotopic (exact) mass is 368 g/mol. The number of amides is 1. The Hall–Kier alpha value is -2.00. The van der Waals surface area contributed by atoms with E-state index < -0.39 is 23.5 Å². The number of pyridine rings is 1. The number of aliphatic imine (C=N–C) groups is 1. The van der Waals surface area contributed by atoms with E-state index in [4.69, 9.17) is 4.74 Å². The number of aromatic nitrogens is 1. The number of ether oxygens (including phenoxy) is 1. The van der Waals surface area contributed by atoms with Crippen molar-refractivity contribution >= 4 is 11.7 Å². The highest BCUT2D eigenvalue weighted by Gasteiger charge is 2.45. The van der Waals surface area contributed by atoms with E-state index in [1.165, 1.54) is 6.07 Å². The molecular formula is C17H19F3N4O2. The van der Waals surface area contributed by atoms with Gasteiger partial charge in [-0.05, 0) is 50.9 Å². The standard InChI is InChI=1S/C17H19F3N4O2/c18-17(19,20)12-4-3-10(13(22-12)11-2-1-9-26-11)14-23-15(25)16(24-14)5-7-21-8-6-16/h3-4,11,21H,1-2,5-9H2,(H,23,24,25). The van der Waals surface area contributed by atoms with Crippen LogP contribution in [0, 0.1) is 0 Å². The lowest BCUT2D eigenvalue weighted by molar-refractivity contribution is -0.141. The van der Waals surface area contributed by atoms with Gasteiger partial charge in [-0.2, -0.15) is 13.2 Å². The first-order valence-corrected chi connectivity index (χ1v) is 8.71. The van der Waals surface area contributed by atoms with Crippen molar-refractivity contribution in [1.29, 1.82) is 0 Å². The summed E-state index contributed by atoms with van der Waals surface area (Å²) in [5.74, 6) is 0.0933. The average Bonchev–Trinajstić information content (AvgIpc) is 3.24. The molecule has 0 aliphatic carbocycles. The minimum atomic E-state index is -4.54. The van der Waals surface area contributed by atoms with Crippen molar-refractivity contribution < 1.29 is 22.7 Å². The van der Waals surface area contributed by atoms with Gasteiger partial charge in [-0.3, -0.25) is 9.79 Å². The Morgan fingerprint density at radius 1 is 1.23 bits per heavy atom. The van der Waals surface area contributed by atoms with E-state index >= 15 is 0 Å². The van der Waals surface area contributed by atoms with E-state index in [1.54, 1.807) is 0 Å². The van der Waals surface area contributed by atoms with E-state index in [2.05, 4.69) is 20.6 Å². The molecule has 0 radical (unpaired) electrons. The molecule has 140 valence electrons. The van der Waals surface area contributed by atoms with E-state index in [1.807, 2.05) is 0 Å². The fourth-order valence-electron chi connectivity index (χ4n) is 3.70. The first-order chi connectivity index (χ1) is 12.4. The van der Waals surface area contributed by atoms with Crippen LogP contribution in [0.2, 0.25) is 0 Å². The van der Waals surface area contributed by atoms with Crippen LogP contribution in [-0.4, -0.2) is 42.0 Å². The molecule has 1 aromatic rings. The maximum Gasteiger partial charge on any atom is 0.433 e. The van der Waals surface area contributed by atoms with E-state index in [9.17, 15) is 18.0 Å². The number of alkyl halides is 3. The number of nitrogens with one attached hydrogen (secondary N) is 2. The SMILES string of the molecule is O=C1NC(c2ccc(C(F)(F)F)nc2C2CCCO2)=NC12CCNCC2. The number of hydrogen-bond donors (Lipinski definition) is 2. The van der Waals surface area contributed by atoms with Crippen LogP contribution in [0.3, 0.4) is 0 Å². The van der Waals surface area contributed by atoms with E-state index in [0.29, 0.717) is 50.4 Å². The number of nitrogens with zero attached hydrogens (tertiary/aromatic N) is 2. The molecule has 1 amide bonds. The second-order valence-electron chi connectivity index (χ2n) is 6.82. The Labute approximate surface area is 148 Å². The van der Waals surface area contributed by atoms with Crippen LogP contribution in [0.25, 0.3) is 0 Å². The smallest absolute Gasteiger partial charge is 0.372 e. The molecule has 4 rings (SSSR count). The van der Waals surface area contributed by atoms with E-state index in [0.717, 1.165) is 12.5 Å². The number of carbonyl (C=O) groups is 1. The zero-order valence-corrected chi connectivity index (χ0v) is 14.0. The lowest BCUT2D eigenvalue weighted by atomic mass is 9.89. The third-order valence-electron chi connectivity index (χ3n) is 5.12. The Kier molecular flexibility index (Phi) is 4.23. The fraction of sp³-hybridized carbons (Fsp3) is 0.588. The Bertz CT molecular complexity index is 751. The molecule has 0 aromatic carbocycles. The molecule has 9 heteroatoms. The van der Waals surface area contributed by atoms with Crippen LogP contribution < -0.4 is 10.6 Å². The molecule has 26 heavy (non-hydrogen) atoms. The predicted octanol–water partition coefficient (Wildman–Crippen LogP) is 1.95. The summed E-state index contributed by atoms with van der Waals surface area (Å²) in [5.41, 5.74) is -1.19. The van der Waals surface area contributed by atoms with Gasteiger partial charge in [0.25, 0.3) is 5.91 Å². The highest BCUT2D eigenvalue weighted by atomic mass is 19.4. The summed E-state index contributed by atoms with van der Waals surface area (Å²) in [4.78, 5) is 20.9. The molecule has 1 spiro atoms. The summed E-state index contributed by atoms with van der Waals surface area (Å²) in [6.45, 7) is 1.83. The maximum absolute atomic E-state index is 13.1. The Morgan fingerprint density at radius 2 is 2.00 bits per heavy atom. The number of halogens is 3. The second-order valence-corrected chi connectivity index (χ2v) is 6.82. The van der Waals surface area contributed by atoms with Gasteiger partial charge in [0, 0.05) is 12.2 Å². The van der Waals surface area contributed by atoms with Gasteiger partial charge in [-0.1, -0.05) is 0 Å². The average molecular weight is 368 g/mol. The van der Waals surface area contributed by atoms with Gasteiger partial charge in [0.2, 0.25) is 0 Å². The van der Waals surface area contributed by atoms with Crippen LogP contribution in [0.15, 0.2) is 17.1 Å². The molecule has 0 bridgehead atoms. The largest absolute Gasteiger partial charge is 0.433 e. The molecular weight excluding hydrogens is 349 g/mol. The molecule has 2 N–H and O–H groups in total. The van der Waals surface area contributed by atoms with Crippen LogP contribution in [0.4, 0.5) is 13.2 Å². The third kappa shape index (κ3) is 2.99. The molecule has 4 heterocycles. The molecule has 3 aliphatic heterocycles. The minimum absolute atomic E-state index is 0.197. The van der Waals surface area contributed by atoms with Gasteiger partial charge in [0.15, 0.2) is 0 Å². The summed E-state index contributed by atoms with van der Waals surface area (Å²) in [6, 6.07) is 2.27. The summed E-state index contributed by atoms with van der Waals surface area (Å²) < 4.78 is 44.9. The molecule has 1 aromatic heterocycles. The second kappa shape index (κ2) is 6.31. The molecule has 1 atom stereocenters. The van der Waals surface area contributed by atoms with Crippen LogP contribution >= 0.6 is 0 Å². The molecule has 2 fully saturated rings. The van der Waals surface area contributed by atoms with Crippen molar-refractivity contribution in [3.05, 3.63) is 29.1 Å². The van der Waals surface area contributed by atoms with Crippen molar-refractivity contribution in [3.63, 3.8) is 0 Å². The Morgan fingerprint density at radius 3 is 2.65 bits per heavy atom. The predicted molar refractivity (Wildman–Crippen MR) is 86.7 cm³/mol. The van der Waals surface area contributed by atoms with Gasteiger partial charge >= 0.3 is 6.18 Å². The summed E-state index contributed by atoms with van der Waals surface area (Å²) >= 11 is 0. The highest BCUT2D eigenvalue weighted by molar-refractivity contribution is 6.15. The van der Waals surface area contributed by atoms with Crippen LogP contribution in [-0.2, 0) is 15.7 Å². The molecule has 6 nitrogen and oxygen atoms in total. The molecule has 1 unspecified atom stereocenters. The van der Waals surface area contributed by atoms with Crippen molar-refractivity contribution in [3.8, 4) is 0 Å². The number of carbonyl (C=O) groups excluding carboxylic acids is 1.